The van der Waals surface area contributed by atoms with E-state index in [0.29, 0.717) is 18.8 Å². The Morgan fingerprint density at radius 1 is 1.50 bits per heavy atom. The molecular formula is C12H14O4. The highest BCUT2D eigenvalue weighted by Gasteiger charge is 2.16. The molecule has 1 aliphatic heterocycles. The van der Waals surface area contributed by atoms with E-state index in [0.717, 1.165) is 16.9 Å². The molecule has 0 radical (unpaired) electrons. The Labute approximate surface area is 94.1 Å². The number of hydrogen-bond donors (Lipinski definition) is 0. The molecule has 2 rings (SSSR count). The Morgan fingerprint density at radius 2 is 2.31 bits per heavy atom. The van der Waals surface area contributed by atoms with Crippen molar-refractivity contribution < 1.29 is 19.0 Å². The summed E-state index contributed by atoms with van der Waals surface area (Å²) in [7, 11) is 1.59. The summed E-state index contributed by atoms with van der Waals surface area (Å²) in [5.41, 5.74) is 1.81. The SMILES string of the molecule is COc1cc2c(cc1CC(C)=O)OCOC2. The van der Waals surface area contributed by atoms with Gasteiger partial charge in [0.05, 0.1) is 13.7 Å². The zero-order valence-electron chi connectivity index (χ0n) is 9.41. The Morgan fingerprint density at radius 3 is 3.00 bits per heavy atom. The Hall–Kier alpha value is -1.55. The van der Waals surface area contributed by atoms with Crippen LogP contribution in [0.5, 0.6) is 11.5 Å². The fraction of sp³-hybridized carbons (Fsp3) is 0.417. The summed E-state index contributed by atoms with van der Waals surface area (Å²) in [6, 6.07) is 3.73. The molecule has 0 fully saturated rings. The molecular weight excluding hydrogens is 208 g/mol. The zero-order valence-corrected chi connectivity index (χ0v) is 9.41. The second kappa shape index (κ2) is 4.53. The van der Waals surface area contributed by atoms with Crippen LogP contribution in [0.1, 0.15) is 18.1 Å². The van der Waals surface area contributed by atoms with Crippen LogP contribution in [0.3, 0.4) is 0 Å². The molecule has 0 saturated heterocycles. The van der Waals surface area contributed by atoms with Crippen LogP contribution in [0, 0.1) is 0 Å². The monoisotopic (exact) mass is 222 g/mol. The van der Waals surface area contributed by atoms with Gasteiger partial charge in [-0.15, -0.1) is 0 Å². The number of methoxy groups -OCH3 is 1. The number of ether oxygens (including phenoxy) is 3. The van der Waals surface area contributed by atoms with Crippen LogP contribution in [0.15, 0.2) is 12.1 Å². The molecule has 0 unspecified atom stereocenters. The van der Waals surface area contributed by atoms with Crippen LogP contribution in [0.25, 0.3) is 0 Å². The van der Waals surface area contributed by atoms with Crippen molar-refractivity contribution in [2.45, 2.75) is 20.0 Å². The molecule has 0 bridgehead atoms. The van der Waals surface area contributed by atoms with Crippen LogP contribution in [0.2, 0.25) is 0 Å². The topological polar surface area (TPSA) is 44.8 Å². The highest BCUT2D eigenvalue weighted by atomic mass is 16.7. The minimum atomic E-state index is 0.102. The molecule has 0 saturated carbocycles. The first kappa shape index (κ1) is 11.0. The van der Waals surface area contributed by atoms with Gasteiger partial charge in [-0.05, 0) is 19.1 Å². The summed E-state index contributed by atoms with van der Waals surface area (Å²) in [5.74, 6) is 1.59. The lowest BCUT2D eigenvalue weighted by Crippen LogP contribution is -2.12. The summed E-state index contributed by atoms with van der Waals surface area (Å²) in [4.78, 5) is 11.1. The summed E-state index contributed by atoms with van der Waals surface area (Å²) in [5, 5.41) is 0. The molecule has 0 aliphatic carbocycles. The number of hydrogen-bond acceptors (Lipinski definition) is 4. The number of ketones is 1. The van der Waals surface area contributed by atoms with Gasteiger partial charge in [0.2, 0.25) is 0 Å². The molecule has 0 amide bonds. The molecule has 4 heteroatoms. The van der Waals surface area contributed by atoms with Gasteiger partial charge in [-0.2, -0.15) is 0 Å². The van der Waals surface area contributed by atoms with Crippen molar-refractivity contribution in [3.05, 3.63) is 23.3 Å². The second-order valence-electron chi connectivity index (χ2n) is 3.76. The maximum absolute atomic E-state index is 11.1. The van der Waals surface area contributed by atoms with Crippen LogP contribution >= 0.6 is 0 Å². The average molecular weight is 222 g/mol. The molecule has 0 N–H and O–H groups in total. The Kier molecular flexibility index (Phi) is 3.10. The highest BCUT2D eigenvalue weighted by Crippen LogP contribution is 2.31. The van der Waals surface area contributed by atoms with Gasteiger partial charge in [-0.3, -0.25) is 4.79 Å². The number of carbonyl (C=O) groups is 1. The predicted octanol–water partition coefficient (Wildman–Crippen LogP) is 1.69. The summed E-state index contributed by atoms with van der Waals surface area (Å²) in [6.07, 6.45) is 0.362. The molecule has 4 nitrogen and oxygen atoms in total. The zero-order chi connectivity index (χ0) is 11.5. The molecule has 0 spiro atoms. The van der Waals surface area contributed by atoms with Gasteiger partial charge in [0.1, 0.15) is 17.3 Å². The first-order valence-electron chi connectivity index (χ1n) is 5.10. The number of fused-ring (bicyclic) bond motifs is 1. The molecule has 1 heterocycles. The number of benzene rings is 1. The van der Waals surface area contributed by atoms with E-state index in [1.807, 2.05) is 12.1 Å². The number of rotatable bonds is 3. The minimum Gasteiger partial charge on any atom is -0.496 e. The van der Waals surface area contributed by atoms with Gasteiger partial charge in [0.25, 0.3) is 0 Å². The molecule has 1 aromatic carbocycles. The van der Waals surface area contributed by atoms with E-state index in [4.69, 9.17) is 14.2 Å². The summed E-state index contributed by atoms with van der Waals surface area (Å²) < 4.78 is 15.8. The van der Waals surface area contributed by atoms with E-state index in [9.17, 15) is 4.79 Å². The quantitative estimate of drug-likeness (QED) is 0.780. The highest BCUT2D eigenvalue weighted by molar-refractivity contribution is 5.79. The largest absolute Gasteiger partial charge is 0.496 e. The third-order valence-electron chi connectivity index (χ3n) is 2.46. The second-order valence-corrected chi connectivity index (χ2v) is 3.76. The van der Waals surface area contributed by atoms with Gasteiger partial charge in [0.15, 0.2) is 6.79 Å². The Bertz CT molecular complexity index is 412. The van der Waals surface area contributed by atoms with E-state index in [2.05, 4.69) is 0 Å². The van der Waals surface area contributed by atoms with Crippen molar-refractivity contribution in [1.29, 1.82) is 0 Å². The normalized spacial score (nSPS) is 13.9. The van der Waals surface area contributed by atoms with E-state index < -0.39 is 0 Å². The van der Waals surface area contributed by atoms with Crippen molar-refractivity contribution in [3.8, 4) is 11.5 Å². The summed E-state index contributed by atoms with van der Waals surface area (Å²) in [6.45, 7) is 2.34. The lowest BCUT2D eigenvalue weighted by molar-refractivity contribution is -0.116. The van der Waals surface area contributed by atoms with Gasteiger partial charge in [-0.25, -0.2) is 0 Å². The fourth-order valence-corrected chi connectivity index (χ4v) is 1.74. The van der Waals surface area contributed by atoms with Crippen molar-refractivity contribution in [3.63, 3.8) is 0 Å². The molecule has 0 aromatic heterocycles. The van der Waals surface area contributed by atoms with Gasteiger partial charge < -0.3 is 14.2 Å². The van der Waals surface area contributed by atoms with Crippen LogP contribution in [-0.2, 0) is 22.6 Å². The van der Waals surface area contributed by atoms with E-state index in [1.165, 1.54) is 0 Å². The van der Waals surface area contributed by atoms with Crippen LogP contribution in [-0.4, -0.2) is 19.7 Å². The third-order valence-corrected chi connectivity index (χ3v) is 2.46. The van der Waals surface area contributed by atoms with E-state index >= 15 is 0 Å². The fourth-order valence-electron chi connectivity index (χ4n) is 1.74. The molecule has 1 aromatic rings. The average Bonchev–Trinajstić information content (AvgIpc) is 2.27. The molecule has 86 valence electrons. The van der Waals surface area contributed by atoms with Crippen molar-refractivity contribution in [2.75, 3.05) is 13.9 Å². The van der Waals surface area contributed by atoms with Crippen molar-refractivity contribution in [1.82, 2.24) is 0 Å². The van der Waals surface area contributed by atoms with Crippen molar-refractivity contribution in [2.24, 2.45) is 0 Å². The standard InChI is InChI=1S/C12H14O4/c1-8(13)3-9-4-12-10(5-11(9)14-2)6-15-7-16-12/h4-5H,3,6-7H2,1-2H3. The molecule has 16 heavy (non-hydrogen) atoms. The lowest BCUT2D eigenvalue weighted by Gasteiger charge is -2.20. The number of Topliss-reactive ketones (excluding diaryl/α,β-unsaturated/α-hetero) is 1. The van der Waals surface area contributed by atoms with Crippen LogP contribution < -0.4 is 9.47 Å². The predicted molar refractivity (Wildman–Crippen MR) is 57.7 cm³/mol. The van der Waals surface area contributed by atoms with E-state index in [1.54, 1.807) is 14.0 Å². The maximum Gasteiger partial charge on any atom is 0.189 e. The smallest absolute Gasteiger partial charge is 0.189 e. The first-order chi connectivity index (χ1) is 7.70. The van der Waals surface area contributed by atoms with Crippen LogP contribution in [0.4, 0.5) is 0 Å². The van der Waals surface area contributed by atoms with Gasteiger partial charge in [-0.1, -0.05) is 0 Å². The molecule has 1 aliphatic rings. The third kappa shape index (κ3) is 2.17. The minimum absolute atomic E-state index is 0.102. The lowest BCUT2D eigenvalue weighted by atomic mass is 10.0. The summed E-state index contributed by atoms with van der Waals surface area (Å²) >= 11 is 0. The van der Waals surface area contributed by atoms with Gasteiger partial charge in [0, 0.05) is 17.5 Å². The Balaban J connectivity index is 2.39. The van der Waals surface area contributed by atoms with Gasteiger partial charge >= 0.3 is 0 Å². The first-order valence-corrected chi connectivity index (χ1v) is 5.10. The van der Waals surface area contributed by atoms with E-state index in [-0.39, 0.29) is 12.6 Å². The van der Waals surface area contributed by atoms with Crippen molar-refractivity contribution >= 4 is 5.78 Å². The number of carbonyl (C=O) groups excluding carboxylic acids is 1. The maximum atomic E-state index is 11.1. The molecule has 0 atom stereocenters.